The minimum absolute atomic E-state index is 0.124. The minimum Gasteiger partial charge on any atom is -0.465 e. The number of halogens is 1. The van der Waals surface area contributed by atoms with E-state index in [1.54, 1.807) is 24.3 Å². The normalized spacial score (nSPS) is 11.5. The summed E-state index contributed by atoms with van der Waals surface area (Å²) >= 11 is 0. The van der Waals surface area contributed by atoms with E-state index in [9.17, 15) is 18.0 Å². The van der Waals surface area contributed by atoms with Gasteiger partial charge in [0.05, 0.1) is 23.0 Å². The van der Waals surface area contributed by atoms with Crippen LogP contribution in [0.3, 0.4) is 0 Å². The molecule has 3 aromatic rings. The first-order chi connectivity index (χ1) is 13.3. The Morgan fingerprint density at radius 2 is 1.82 bits per heavy atom. The lowest BCUT2D eigenvalue weighted by atomic mass is 10.0. The molecule has 146 valence electrons. The zero-order valence-corrected chi connectivity index (χ0v) is 16.8. The summed E-state index contributed by atoms with van der Waals surface area (Å²) in [7, 11) is 2.73. The Kier molecular flexibility index (Phi) is 5.58. The quantitative estimate of drug-likeness (QED) is 0.455. The molecule has 0 saturated carbocycles. The molecule has 3 rings (SSSR count). The first-order valence-corrected chi connectivity index (χ1v) is 10.8. The maximum atomic E-state index is 13.0. The van der Waals surface area contributed by atoms with E-state index in [1.807, 2.05) is 6.92 Å². The SMILES string of the molecule is CCCc1c(-c2ccc(C(=O)OC)cc2)oc2cc(S(=O)(=O)Cl)ccc2c1=O. The first-order valence-electron chi connectivity index (χ1n) is 8.49. The van der Waals surface area contributed by atoms with Gasteiger partial charge in [0.2, 0.25) is 0 Å². The van der Waals surface area contributed by atoms with E-state index in [0.29, 0.717) is 28.9 Å². The molecule has 0 bridgehead atoms. The van der Waals surface area contributed by atoms with Gasteiger partial charge in [-0.3, -0.25) is 4.79 Å². The molecule has 0 aliphatic heterocycles. The van der Waals surface area contributed by atoms with E-state index in [-0.39, 0.29) is 21.3 Å². The van der Waals surface area contributed by atoms with E-state index < -0.39 is 15.0 Å². The van der Waals surface area contributed by atoms with Crippen LogP contribution in [0.1, 0.15) is 29.3 Å². The molecule has 8 heteroatoms. The molecule has 0 radical (unpaired) electrons. The summed E-state index contributed by atoms with van der Waals surface area (Å²) in [5.41, 5.74) is 1.34. The highest BCUT2D eigenvalue weighted by Crippen LogP contribution is 2.29. The number of fused-ring (bicyclic) bond motifs is 1. The molecule has 0 fully saturated rings. The molecule has 6 nitrogen and oxygen atoms in total. The Hall–Kier alpha value is -2.64. The Morgan fingerprint density at radius 1 is 1.14 bits per heavy atom. The minimum atomic E-state index is -3.96. The third kappa shape index (κ3) is 3.81. The van der Waals surface area contributed by atoms with Gasteiger partial charge >= 0.3 is 5.97 Å². The third-order valence-corrected chi connectivity index (χ3v) is 5.66. The lowest BCUT2D eigenvalue weighted by Crippen LogP contribution is -2.11. The Bertz CT molecular complexity index is 1210. The number of methoxy groups -OCH3 is 1. The average Bonchev–Trinajstić information content (AvgIpc) is 2.68. The van der Waals surface area contributed by atoms with Crippen molar-refractivity contribution in [2.45, 2.75) is 24.7 Å². The number of hydrogen-bond donors (Lipinski definition) is 0. The second kappa shape index (κ2) is 7.77. The fourth-order valence-electron chi connectivity index (χ4n) is 2.95. The topological polar surface area (TPSA) is 90.7 Å². The molecule has 0 aliphatic carbocycles. The second-order valence-corrected chi connectivity index (χ2v) is 8.72. The summed E-state index contributed by atoms with van der Waals surface area (Å²) < 4.78 is 33.9. The van der Waals surface area contributed by atoms with E-state index in [4.69, 9.17) is 15.1 Å². The summed E-state index contributed by atoms with van der Waals surface area (Å²) in [6.07, 6.45) is 1.21. The van der Waals surface area contributed by atoms with Crippen molar-refractivity contribution in [3.05, 3.63) is 63.8 Å². The van der Waals surface area contributed by atoms with E-state index in [1.165, 1.54) is 25.3 Å². The number of rotatable bonds is 5. The van der Waals surface area contributed by atoms with E-state index in [0.717, 1.165) is 6.42 Å². The highest BCUT2D eigenvalue weighted by atomic mass is 35.7. The molecule has 0 saturated heterocycles. The number of benzene rings is 2. The van der Waals surface area contributed by atoms with Gasteiger partial charge in [-0.05, 0) is 30.7 Å². The number of hydrogen-bond acceptors (Lipinski definition) is 6. The molecule has 0 atom stereocenters. The van der Waals surface area contributed by atoms with Crippen LogP contribution < -0.4 is 5.43 Å². The van der Waals surface area contributed by atoms with Gasteiger partial charge in [-0.25, -0.2) is 13.2 Å². The van der Waals surface area contributed by atoms with Gasteiger partial charge in [0.15, 0.2) is 5.43 Å². The predicted molar refractivity (Wildman–Crippen MR) is 106 cm³/mol. The van der Waals surface area contributed by atoms with Crippen molar-refractivity contribution in [3.8, 4) is 11.3 Å². The van der Waals surface area contributed by atoms with Crippen LogP contribution in [0, 0.1) is 0 Å². The third-order valence-electron chi connectivity index (χ3n) is 4.31. The van der Waals surface area contributed by atoms with Gasteiger partial charge in [-0.15, -0.1) is 0 Å². The van der Waals surface area contributed by atoms with Gasteiger partial charge in [0.25, 0.3) is 9.05 Å². The molecule has 1 heterocycles. The molecule has 0 amide bonds. The predicted octanol–water partition coefficient (Wildman–Crippen LogP) is 4.13. The molecule has 1 aromatic heterocycles. The first kappa shape index (κ1) is 20.1. The Balaban J connectivity index is 2.25. The Morgan fingerprint density at radius 3 is 2.39 bits per heavy atom. The van der Waals surface area contributed by atoms with E-state index >= 15 is 0 Å². The van der Waals surface area contributed by atoms with Crippen LogP contribution >= 0.6 is 10.7 Å². The average molecular weight is 421 g/mol. The standard InChI is InChI=1S/C20H17ClO6S/c1-3-4-16-18(22)15-10-9-14(28(21,24)25)11-17(15)27-19(16)12-5-7-13(8-6-12)20(23)26-2/h5-11H,3-4H2,1-2H3. The van der Waals surface area contributed by atoms with Crippen molar-refractivity contribution in [1.82, 2.24) is 0 Å². The molecule has 2 aromatic carbocycles. The van der Waals surface area contributed by atoms with Crippen molar-refractivity contribution in [2.24, 2.45) is 0 Å². The maximum absolute atomic E-state index is 13.0. The number of ether oxygens (including phenoxy) is 1. The van der Waals surface area contributed by atoms with Crippen LogP contribution in [0.4, 0.5) is 0 Å². The number of carbonyl (C=O) groups excluding carboxylic acids is 1. The summed E-state index contributed by atoms with van der Waals surface area (Å²) in [5, 5.41) is 0.280. The van der Waals surface area contributed by atoms with Crippen molar-refractivity contribution in [1.29, 1.82) is 0 Å². The maximum Gasteiger partial charge on any atom is 0.337 e. The molecule has 0 unspecified atom stereocenters. The van der Waals surface area contributed by atoms with Crippen LogP contribution in [0.25, 0.3) is 22.3 Å². The van der Waals surface area contributed by atoms with Gasteiger partial charge < -0.3 is 9.15 Å². The number of carbonyl (C=O) groups is 1. The van der Waals surface area contributed by atoms with Crippen LogP contribution in [-0.2, 0) is 20.2 Å². The molecule has 0 spiro atoms. The zero-order valence-electron chi connectivity index (χ0n) is 15.2. The molecular weight excluding hydrogens is 404 g/mol. The van der Waals surface area contributed by atoms with Gasteiger partial charge in [-0.1, -0.05) is 25.5 Å². The zero-order chi connectivity index (χ0) is 20.5. The van der Waals surface area contributed by atoms with Crippen molar-refractivity contribution < 1.29 is 22.4 Å². The molecular formula is C20H17ClO6S. The van der Waals surface area contributed by atoms with Gasteiger partial charge in [0.1, 0.15) is 11.3 Å². The number of esters is 1. The summed E-state index contributed by atoms with van der Waals surface area (Å²) in [6, 6.07) is 10.4. The van der Waals surface area contributed by atoms with Gasteiger partial charge in [0, 0.05) is 27.9 Å². The van der Waals surface area contributed by atoms with E-state index in [2.05, 4.69) is 4.74 Å². The van der Waals surface area contributed by atoms with Gasteiger partial charge in [-0.2, -0.15) is 0 Å². The highest BCUT2D eigenvalue weighted by molar-refractivity contribution is 8.13. The summed E-state index contributed by atoms with van der Waals surface area (Å²) in [6.45, 7) is 1.94. The molecule has 0 aliphatic rings. The lowest BCUT2D eigenvalue weighted by molar-refractivity contribution is 0.0600. The van der Waals surface area contributed by atoms with Crippen LogP contribution in [0.2, 0.25) is 0 Å². The van der Waals surface area contributed by atoms with Crippen molar-refractivity contribution in [2.75, 3.05) is 7.11 Å². The van der Waals surface area contributed by atoms with Crippen LogP contribution in [0.15, 0.2) is 56.6 Å². The highest BCUT2D eigenvalue weighted by Gasteiger charge is 2.18. The fourth-order valence-corrected chi connectivity index (χ4v) is 3.72. The summed E-state index contributed by atoms with van der Waals surface area (Å²) in [5.74, 6) is -0.142. The fraction of sp³-hybridized carbons (Fsp3) is 0.200. The lowest BCUT2D eigenvalue weighted by Gasteiger charge is -2.10. The monoisotopic (exact) mass is 420 g/mol. The molecule has 28 heavy (non-hydrogen) atoms. The smallest absolute Gasteiger partial charge is 0.337 e. The second-order valence-electron chi connectivity index (χ2n) is 6.15. The Labute approximate surface area is 166 Å². The molecule has 0 N–H and O–H groups in total. The van der Waals surface area contributed by atoms with Crippen LogP contribution in [0.5, 0.6) is 0 Å². The largest absolute Gasteiger partial charge is 0.465 e. The van der Waals surface area contributed by atoms with Crippen molar-refractivity contribution >= 4 is 36.7 Å². The van der Waals surface area contributed by atoms with Crippen LogP contribution in [-0.4, -0.2) is 21.5 Å². The van der Waals surface area contributed by atoms with Crippen molar-refractivity contribution in [3.63, 3.8) is 0 Å². The summed E-state index contributed by atoms with van der Waals surface area (Å²) in [4.78, 5) is 24.5.